The molecule has 0 amide bonds. The van der Waals surface area contributed by atoms with Crippen LogP contribution in [0.1, 0.15) is 21.6 Å². The lowest BCUT2D eigenvalue weighted by Gasteiger charge is -2.09. The highest BCUT2D eigenvalue weighted by Crippen LogP contribution is 2.23. The Hall–Kier alpha value is -2.48. The predicted molar refractivity (Wildman–Crippen MR) is 81.0 cm³/mol. The van der Waals surface area contributed by atoms with Crippen LogP contribution in [0.15, 0.2) is 60.8 Å². The van der Waals surface area contributed by atoms with E-state index >= 15 is 0 Å². The molecule has 3 aromatic rings. The van der Waals surface area contributed by atoms with E-state index in [9.17, 15) is 4.79 Å². The van der Waals surface area contributed by atoms with Crippen LogP contribution in [0.25, 0.3) is 10.8 Å². The summed E-state index contributed by atoms with van der Waals surface area (Å²) in [7, 11) is 0. The highest BCUT2D eigenvalue weighted by Gasteiger charge is 2.12. The maximum Gasteiger partial charge on any atom is 0.185 e. The van der Waals surface area contributed by atoms with E-state index in [1.54, 1.807) is 12.3 Å². The fourth-order valence-corrected chi connectivity index (χ4v) is 2.46. The summed E-state index contributed by atoms with van der Waals surface area (Å²) in [5.41, 5.74) is 2.77. The number of Topliss-reactive ketones (excluding diaryl/α,β-unsaturated/α-hetero) is 1. The largest absolute Gasteiger partial charge is 0.292 e. The van der Waals surface area contributed by atoms with Crippen molar-refractivity contribution in [1.82, 2.24) is 4.98 Å². The van der Waals surface area contributed by atoms with Crippen molar-refractivity contribution in [2.45, 2.75) is 13.3 Å². The number of pyridine rings is 1. The van der Waals surface area contributed by atoms with Gasteiger partial charge in [-0.1, -0.05) is 42.5 Å². The van der Waals surface area contributed by atoms with Crippen molar-refractivity contribution < 1.29 is 4.79 Å². The lowest BCUT2D eigenvalue weighted by atomic mass is 9.95. The number of hydrogen-bond acceptors (Lipinski definition) is 2. The van der Waals surface area contributed by atoms with Gasteiger partial charge in [0.2, 0.25) is 0 Å². The number of rotatable bonds is 3. The Labute approximate surface area is 118 Å². The number of carbonyl (C=O) groups is 1. The molecule has 0 spiro atoms. The molecule has 0 aliphatic carbocycles. The maximum atomic E-state index is 12.3. The average Bonchev–Trinajstić information content (AvgIpc) is 2.51. The van der Waals surface area contributed by atoms with E-state index < -0.39 is 0 Å². The van der Waals surface area contributed by atoms with Crippen LogP contribution in [0.3, 0.4) is 0 Å². The minimum absolute atomic E-state index is 0.0602. The molecular weight excluding hydrogens is 246 g/mol. The molecule has 98 valence electrons. The number of aromatic nitrogens is 1. The van der Waals surface area contributed by atoms with Crippen molar-refractivity contribution in [2.24, 2.45) is 0 Å². The summed E-state index contributed by atoms with van der Waals surface area (Å²) in [5.74, 6) is 0.0602. The molecule has 3 rings (SSSR count). The smallest absolute Gasteiger partial charge is 0.185 e. The Morgan fingerprint density at radius 2 is 1.80 bits per heavy atom. The van der Waals surface area contributed by atoms with Crippen LogP contribution in [0, 0.1) is 6.92 Å². The zero-order valence-electron chi connectivity index (χ0n) is 11.3. The summed E-state index contributed by atoms with van der Waals surface area (Å²) in [6.45, 7) is 2.05. The van der Waals surface area contributed by atoms with Crippen molar-refractivity contribution in [3.8, 4) is 0 Å². The second-order valence-electron chi connectivity index (χ2n) is 4.90. The van der Waals surface area contributed by atoms with E-state index in [0.717, 1.165) is 16.5 Å². The molecule has 0 bridgehead atoms. The zero-order chi connectivity index (χ0) is 13.9. The molecule has 0 fully saturated rings. The first kappa shape index (κ1) is 12.5. The van der Waals surface area contributed by atoms with Gasteiger partial charge in [-0.05, 0) is 41.0 Å². The molecule has 0 atom stereocenters. The van der Waals surface area contributed by atoms with Gasteiger partial charge in [-0.2, -0.15) is 0 Å². The van der Waals surface area contributed by atoms with Gasteiger partial charge in [0.25, 0.3) is 0 Å². The van der Waals surface area contributed by atoms with E-state index in [0.29, 0.717) is 12.1 Å². The summed E-state index contributed by atoms with van der Waals surface area (Å²) in [6.07, 6.45) is 2.05. The molecule has 2 heteroatoms. The predicted octanol–water partition coefficient (Wildman–Crippen LogP) is 3.97. The standard InChI is InChI=1S/C18H15NO/c1-13-9-10-14-6-2-3-7-15(14)16(13)12-18(20)17-8-4-5-11-19-17/h2-11H,12H2,1H3. The normalized spacial score (nSPS) is 10.7. The SMILES string of the molecule is Cc1ccc2ccccc2c1CC(=O)c1ccccn1. The van der Waals surface area contributed by atoms with Crippen LogP contribution in [-0.2, 0) is 6.42 Å². The molecule has 2 nitrogen and oxygen atoms in total. The molecule has 0 saturated carbocycles. The fraction of sp³-hybridized carbons (Fsp3) is 0.111. The van der Waals surface area contributed by atoms with Gasteiger partial charge in [-0.25, -0.2) is 0 Å². The van der Waals surface area contributed by atoms with E-state index in [1.165, 1.54) is 5.39 Å². The minimum atomic E-state index is 0.0602. The molecule has 0 radical (unpaired) electrons. The molecule has 0 aliphatic heterocycles. The topological polar surface area (TPSA) is 30.0 Å². The number of nitrogens with zero attached hydrogens (tertiary/aromatic N) is 1. The van der Waals surface area contributed by atoms with E-state index in [-0.39, 0.29) is 5.78 Å². The van der Waals surface area contributed by atoms with Crippen molar-refractivity contribution in [3.63, 3.8) is 0 Å². The third-order valence-corrected chi connectivity index (χ3v) is 3.56. The summed E-state index contributed by atoms with van der Waals surface area (Å²) < 4.78 is 0. The van der Waals surface area contributed by atoms with E-state index in [4.69, 9.17) is 0 Å². The van der Waals surface area contributed by atoms with Crippen LogP contribution >= 0.6 is 0 Å². The number of benzene rings is 2. The molecule has 0 aliphatic rings. The molecular formula is C18H15NO. The Morgan fingerprint density at radius 3 is 2.60 bits per heavy atom. The van der Waals surface area contributed by atoms with Crippen LogP contribution in [-0.4, -0.2) is 10.8 Å². The lowest BCUT2D eigenvalue weighted by molar-refractivity contribution is 0.0988. The third kappa shape index (κ3) is 2.32. The first-order chi connectivity index (χ1) is 9.75. The lowest BCUT2D eigenvalue weighted by Crippen LogP contribution is -2.07. The number of ketones is 1. The molecule has 20 heavy (non-hydrogen) atoms. The summed E-state index contributed by atoms with van der Waals surface area (Å²) in [5, 5.41) is 2.32. The summed E-state index contributed by atoms with van der Waals surface area (Å²) in [6, 6.07) is 17.8. The summed E-state index contributed by atoms with van der Waals surface area (Å²) in [4.78, 5) is 16.5. The van der Waals surface area contributed by atoms with Crippen molar-refractivity contribution >= 4 is 16.6 Å². The zero-order valence-corrected chi connectivity index (χ0v) is 11.3. The summed E-state index contributed by atoms with van der Waals surface area (Å²) >= 11 is 0. The molecule has 0 saturated heterocycles. The van der Waals surface area contributed by atoms with Crippen molar-refractivity contribution in [1.29, 1.82) is 0 Å². The molecule has 1 aromatic heterocycles. The van der Waals surface area contributed by atoms with Crippen molar-refractivity contribution in [2.75, 3.05) is 0 Å². The van der Waals surface area contributed by atoms with E-state index in [1.807, 2.05) is 31.2 Å². The van der Waals surface area contributed by atoms with Crippen molar-refractivity contribution in [3.05, 3.63) is 77.6 Å². The third-order valence-electron chi connectivity index (χ3n) is 3.56. The molecule has 0 unspecified atom stereocenters. The Kier molecular flexibility index (Phi) is 3.30. The minimum Gasteiger partial charge on any atom is -0.292 e. The second-order valence-corrected chi connectivity index (χ2v) is 4.90. The Balaban J connectivity index is 2.03. The van der Waals surface area contributed by atoms with Crippen LogP contribution in [0.2, 0.25) is 0 Å². The van der Waals surface area contributed by atoms with Crippen LogP contribution in [0.5, 0.6) is 0 Å². The van der Waals surface area contributed by atoms with Gasteiger partial charge in [-0.3, -0.25) is 9.78 Å². The number of carbonyl (C=O) groups excluding carboxylic acids is 1. The van der Waals surface area contributed by atoms with Gasteiger partial charge in [0.05, 0.1) is 0 Å². The van der Waals surface area contributed by atoms with Gasteiger partial charge < -0.3 is 0 Å². The fourth-order valence-electron chi connectivity index (χ4n) is 2.46. The monoisotopic (exact) mass is 261 g/mol. The van der Waals surface area contributed by atoms with Gasteiger partial charge in [0.1, 0.15) is 5.69 Å². The molecule has 0 N–H and O–H groups in total. The van der Waals surface area contributed by atoms with Crippen LogP contribution in [0.4, 0.5) is 0 Å². The first-order valence-electron chi connectivity index (χ1n) is 6.67. The Bertz CT molecular complexity index is 763. The van der Waals surface area contributed by atoms with Gasteiger partial charge in [0, 0.05) is 12.6 Å². The number of aryl methyl sites for hydroxylation is 1. The quantitative estimate of drug-likeness (QED) is 0.668. The second kappa shape index (κ2) is 5.25. The average molecular weight is 261 g/mol. The Morgan fingerprint density at radius 1 is 1.00 bits per heavy atom. The van der Waals surface area contributed by atoms with Gasteiger partial charge in [0.15, 0.2) is 5.78 Å². The molecule has 1 heterocycles. The van der Waals surface area contributed by atoms with Gasteiger partial charge >= 0.3 is 0 Å². The number of hydrogen-bond donors (Lipinski definition) is 0. The maximum absolute atomic E-state index is 12.3. The van der Waals surface area contributed by atoms with Crippen LogP contribution < -0.4 is 0 Å². The highest BCUT2D eigenvalue weighted by molar-refractivity contribution is 5.99. The highest BCUT2D eigenvalue weighted by atomic mass is 16.1. The molecule has 2 aromatic carbocycles. The van der Waals surface area contributed by atoms with Gasteiger partial charge in [-0.15, -0.1) is 0 Å². The van der Waals surface area contributed by atoms with E-state index in [2.05, 4.69) is 29.2 Å². The number of fused-ring (bicyclic) bond motifs is 1. The first-order valence-corrected chi connectivity index (χ1v) is 6.67.